The van der Waals surface area contributed by atoms with E-state index >= 15 is 0 Å². The molecule has 0 saturated carbocycles. The van der Waals surface area contributed by atoms with Crippen LogP contribution in [0.2, 0.25) is 0 Å². The number of rotatable bonds is 7. The predicted octanol–water partition coefficient (Wildman–Crippen LogP) is 3.32. The lowest BCUT2D eigenvalue weighted by Crippen LogP contribution is -2.14. The second-order valence-corrected chi connectivity index (χ2v) is 5.86. The number of likely N-dealkylation sites (N-methyl/N-ethyl adjacent to an activating group) is 1. The first-order valence-electron chi connectivity index (χ1n) is 6.93. The van der Waals surface area contributed by atoms with E-state index in [2.05, 4.69) is 41.9 Å². The number of nitrogens with one attached hydrogen (secondary N) is 1. The molecular formula is C16H22N2OS. The van der Waals surface area contributed by atoms with Crippen LogP contribution in [0.25, 0.3) is 11.3 Å². The van der Waals surface area contributed by atoms with Crippen LogP contribution in [0, 0.1) is 0 Å². The fraction of sp³-hybridized carbons (Fsp3) is 0.438. The highest BCUT2D eigenvalue weighted by Crippen LogP contribution is 2.26. The van der Waals surface area contributed by atoms with Crippen molar-refractivity contribution >= 4 is 11.3 Å². The standard InChI is InChI=1S/C16H22N2OS/c1-12(10-17-2)16-18-15(11-20-16)14-6-4-13(5-7-14)8-9-19-3/h4-7,11-12,17H,8-10H2,1-3H3. The molecule has 1 N–H and O–H groups in total. The van der Waals surface area contributed by atoms with Gasteiger partial charge in [0.25, 0.3) is 0 Å². The largest absolute Gasteiger partial charge is 0.384 e. The van der Waals surface area contributed by atoms with Gasteiger partial charge >= 0.3 is 0 Å². The first-order chi connectivity index (χ1) is 9.74. The third-order valence-corrected chi connectivity index (χ3v) is 4.37. The molecule has 0 amide bonds. The lowest BCUT2D eigenvalue weighted by molar-refractivity contribution is 0.202. The summed E-state index contributed by atoms with van der Waals surface area (Å²) in [6, 6.07) is 8.61. The molecule has 108 valence electrons. The van der Waals surface area contributed by atoms with Gasteiger partial charge in [0.15, 0.2) is 0 Å². The molecule has 0 fully saturated rings. The van der Waals surface area contributed by atoms with Crippen LogP contribution in [0.15, 0.2) is 29.6 Å². The molecule has 0 aliphatic heterocycles. The quantitative estimate of drug-likeness (QED) is 0.849. The van der Waals surface area contributed by atoms with E-state index < -0.39 is 0 Å². The lowest BCUT2D eigenvalue weighted by atomic mass is 10.1. The third-order valence-electron chi connectivity index (χ3n) is 3.30. The molecule has 1 heterocycles. The molecule has 20 heavy (non-hydrogen) atoms. The molecule has 2 rings (SSSR count). The number of thiazole rings is 1. The van der Waals surface area contributed by atoms with Crippen LogP contribution in [-0.2, 0) is 11.2 Å². The van der Waals surface area contributed by atoms with Gasteiger partial charge in [0.2, 0.25) is 0 Å². The maximum atomic E-state index is 5.10. The number of methoxy groups -OCH3 is 1. The molecule has 0 aliphatic carbocycles. The molecule has 0 aliphatic rings. The smallest absolute Gasteiger partial charge is 0.0973 e. The highest BCUT2D eigenvalue weighted by molar-refractivity contribution is 7.10. The van der Waals surface area contributed by atoms with Crippen LogP contribution >= 0.6 is 11.3 Å². The van der Waals surface area contributed by atoms with Gasteiger partial charge in [-0.05, 0) is 19.0 Å². The zero-order valence-electron chi connectivity index (χ0n) is 12.3. The Balaban J connectivity index is 2.07. The summed E-state index contributed by atoms with van der Waals surface area (Å²) in [6.45, 7) is 3.93. The van der Waals surface area contributed by atoms with Crippen molar-refractivity contribution in [2.75, 3.05) is 27.3 Å². The van der Waals surface area contributed by atoms with Crippen LogP contribution < -0.4 is 5.32 Å². The van der Waals surface area contributed by atoms with Gasteiger partial charge in [-0.15, -0.1) is 11.3 Å². The van der Waals surface area contributed by atoms with Gasteiger partial charge in [0.1, 0.15) is 0 Å². The average molecular weight is 290 g/mol. The van der Waals surface area contributed by atoms with Gasteiger partial charge in [-0.2, -0.15) is 0 Å². The minimum absolute atomic E-state index is 0.458. The van der Waals surface area contributed by atoms with Crippen molar-refractivity contribution in [3.8, 4) is 11.3 Å². The van der Waals surface area contributed by atoms with Crippen LogP contribution in [0.3, 0.4) is 0 Å². The summed E-state index contributed by atoms with van der Waals surface area (Å²) in [5.74, 6) is 0.458. The summed E-state index contributed by atoms with van der Waals surface area (Å²) in [5, 5.41) is 6.53. The minimum Gasteiger partial charge on any atom is -0.384 e. The molecule has 0 spiro atoms. The summed E-state index contributed by atoms with van der Waals surface area (Å²) >= 11 is 1.74. The Bertz CT molecular complexity index is 522. The summed E-state index contributed by atoms with van der Waals surface area (Å²) in [7, 11) is 3.71. The Morgan fingerprint density at radius 1 is 1.30 bits per heavy atom. The Labute approximate surface area is 125 Å². The van der Waals surface area contributed by atoms with Gasteiger partial charge < -0.3 is 10.1 Å². The summed E-state index contributed by atoms with van der Waals surface area (Å²) < 4.78 is 5.10. The van der Waals surface area contributed by atoms with E-state index in [0.717, 1.165) is 25.3 Å². The monoisotopic (exact) mass is 290 g/mol. The van der Waals surface area contributed by atoms with E-state index in [-0.39, 0.29) is 0 Å². The van der Waals surface area contributed by atoms with E-state index in [0.29, 0.717) is 5.92 Å². The van der Waals surface area contributed by atoms with Crippen LogP contribution in [-0.4, -0.2) is 32.3 Å². The zero-order chi connectivity index (χ0) is 14.4. The Morgan fingerprint density at radius 3 is 2.70 bits per heavy atom. The number of aromatic nitrogens is 1. The molecular weight excluding hydrogens is 268 g/mol. The second-order valence-electron chi connectivity index (χ2n) is 4.97. The summed E-state index contributed by atoms with van der Waals surface area (Å²) in [6.07, 6.45) is 0.957. The highest BCUT2D eigenvalue weighted by Gasteiger charge is 2.10. The minimum atomic E-state index is 0.458. The van der Waals surface area contributed by atoms with E-state index in [1.54, 1.807) is 18.4 Å². The average Bonchev–Trinajstić information content (AvgIpc) is 2.96. The zero-order valence-corrected chi connectivity index (χ0v) is 13.2. The Kier molecular flexibility index (Phi) is 5.71. The molecule has 4 heteroatoms. The topological polar surface area (TPSA) is 34.2 Å². The molecule has 0 bridgehead atoms. The van der Waals surface area contributed by atoms with Crippen molar-refractivity contribution in [1.29, 1.82) is 0 Å². The van der Waals surface area contributed by atoms with E-state index in [1.165, 1.54) is 16.1 Å². The SMILES string of the molecule is CNCC(C)c1nc(-c2ccc(CCOC)cc2)cs1. The van der Waals surface area contributed by atoms with Gasteiger partial charge in [-0.25, -0.2) is 4.98 Å². The van der Waals surface area contributed by atoms with Crippen LogP contribution in [0.5, 0.6) is 0 Å². The van der Waals surface area contributed by atoms with Crippen LogP contribution in [0.4, 0.5) is 0 Å². The maximum Gasteiger partial charge on any atom is 0.0973 e. The second kappa shape index (κ2) is 7.53. The molecule has 1 atom stereocenters. The molecule has 3 nitrogen and oxygen atoms in total. The van der Waals surface area contributed by atoms with Crippen molar-refractivity contribution in [1.82, 2.24) is 10.3 Å². The van der Waals surface area contributed by atoms with Gasteiger partial charge in [-0.1, -0.05) is 31.2 Å². The van der Waals surface area contributed by atoms with Gasteiger partial charge in [0.05, 0.1) is 17.3 Å². The van der Waals surface area contributed by atoms with E-state index in [1.807, 2.05) is 7.05 Å². The number of hydrogen-bond acceptors (Lipinski definition) is 4. The molecule has 1 aromatic carbocycles. The number of hydrogen-bond donors (Lipinski definition) is 1. The van der Waals surface area contributed by atoms with Crippen molar-refractivity contribution in [2.45, 2.75) is 19.3 Å². The van der Waals surface area contributed by atoms with E-state index in [4.69, 9.17) is 9.72 Å². The first kappa shape index (κ1) is 15.2. The van der Waals surface area contributed by atoms with Gasteiger partial charge in [-0.3, -0.25) is 0 Å². The lowest BCUT2D eigenvalue weighted by Gasteiger charge is -2.06. The van der Waals surface area contributed by atoms with Gasteiger partial charge in [0, 0.05) is 30.5 Å². The molecule has 0 saturated heterocycles. The molecule has 2 aromatic rings. The Morgan fingerprint density at radius 2 is 2.05 bits per heavy atom. The van der Waals surface area contributed by atoms with Crippen molar-refractivity contribution in [3.63, 3.8) is 0 Å². The molecule has 1 unspecified atom stereocenters. The number of ether oxygens (including phenoxy) is 1. The number of benzene rings is 1. The molecule has 0 radical (unpaired) electrons. The molecule has 1 aromatic heterocycles. The normalized spacial score (nSPS) is 12.6. The first-order valence-corrected chi connectivity index (χ1v) is 7.81. The predicted molar refractivity (Wildman–Crippen MR) is 85.5 cm³/mol. The van der Waals surface area contributed by atoms with Crippen molar-refractivity contribution in [3.05, 3.63) is 40.2 Å². The van der Waals surface area contributed by atoms with Crippen molar-refractivity contribution < 1.29 is 4.74 Å². The van der Waals surface area contributed by atoms with E-state index in [9.17, 15) is 0 Å². The fourth-order valence-electron chi connectivity index (χ4n) is 2.10. The third kappa shape index (κ3) is 3.88. The highest BCUT2D eigenvalue weighted by atomic mass is 32.1. The van der Waals surface area contributed by atoms with Crippen LogP contribution in [0.1, 0.15) is 23.4 Å². The fourth-order valence-corrected chi connectivity index (χ4v) is 2.99. The summed E-state index contributed by atoms with van der Waals surface area (Å²) in [5.41, 5.74) is 3.56. The Hall–Kier alpha value is -1.23. The number of nitrogens with zero attached hydrogens (tertiary/aromatic N) is 1. The van der Waals surface area contributed by atoms with Crippen molar-refractivity contribution in [2.24, 2.45) is 0 Å². The maximum absolute atomic E-state index is 5.10. The summed E-state index contributed by atoms with van der Waals surface area (Å²) in [4.78, 5) is 4.74.